The van der Waals surface area contributed by atoms with Crippen molar-refractivity contribution in [2.75, 3.05) is 0 Å². The molecule has 0 N–H and O–H groups in total. The summed E-state index contributed by atoms with van der Waals surface area (Å²) in [5.74, 6) is 0.610. The van der Waals surface area contributed by atoms with Crippen molar-refractivity contribution in [3.8, 4) is 0 Å². The Hall–Kier alpha value is -0.300. The van der Waals surface area contributed by atoms with E-state index in [1.54, 1.807) is 0 Å². The molecular formula is C11H20O. The summed E-state index contributed by atoms with van der Waals surface area (Å²) in [6.45, 7) is 12.8. The van der Waals surface area contributed by atoms with Crippen LogP contribution in [0, 0.1) is 5.92 Å². The van der Waals surface area contributed by atoms with Crippen molar-refractivity contribution < 1.29 is 4.74 Å². The molecule has 0 aromatic rings. The molecule has 1 nitrogen and oxygen atoms in total. The molecule has 1 rings (SSSR count). The Kier molecular flexibility index (Phi) is 2.62. The van der Waals surface area contributed by atoms with Gasteiger partial charge in [-0.05, 0) is 38.2 Å². The zero-order valence-corrected chi connectivity index (χ0v) is 8.68. The summed E-state index contributed by atoms with van der Waals surface area (Å²) in [5, 5.41) is 0. The highest BCUT2D eigenvalue weighted by Crippen LogP contribution is 2.36. The predicted molar refractivity (Wildman–Crippen MR) is 52.2 cm³/mol. The molecular weight excluding hydrogens is 148 g/mol. The molecule has 0 amide bonds. The summed E-state index contributed by atoms with van der Waals surface area (Å²) in [7, 11) is 0. The molecule has 3 atom stereocenters. The van der Waals surface area contributed by atoms with Gasteiger partial charge in [0.05, 0.1) is 11.7 Å². The summed E-state index contributed by atoms with van der Waals surface area (Å²) >= 11 is 0. The lowest BCUT2D eigenvalue weighted by Crippen LogP contribution is -2.40. The van der Waals surface area contributed by atoms with Crippen LogP contribution in [-0.2, 0) is 4.74 Å². The summed E-state index contributed by atoms with van der Waals surface area (Å²) < 4.78 is 5.91. The van der Waals surface area contributed by atoms with E-state index in [2.05, 4.69) is 34.3 Å². The average Bonchev–Trinajstić information content (AvgIpc) is 2.00. The fourth-order valence-corrected chi connectivity index (χ4v) is 1.96. The molecule has 1 fully saturated rings. The second-order valence-electron chi connectivity index (χ2n) is 4.24. The van der Waals surface area contributed by atoms with E-state index >= 15 is 0 Å². The molecule has 1 aliphatic rings. The second-order valence-corrected chi connectivity index (χ2v) is 4.24. The largest absolute Gasteiger partial charge is 0.368 e. The van der Waals surface area contributed by atoms with Gasteiger partial charge in [0.15, 0.2) is 0 Å². The minimum Gasteiger partial charge on any atom is -0.368 e. The van der Waals surface area contributed by atoms with Crippen molar-refractivity contribution in [2.45, 2.75) is 52.2 Å². The van der Waals surface area contributed by atoms with Gasteiger partial charge in [-0.3, -0.25) is 0 Å². The summed E-state index contributed by atoms with van der Waals surface area (Å²) in [6, 6.07) is 0. The minimum atomic E-state index is 0.0834. The maximum absolute atomic E-state index is 5.91. The van der Waals surface area contributed by atoms with Crippen molar-refractivity contribution in [1.82, 2.24) is 0 Å². The second kappa shape index (κ2) is 3.21. The molecule has 0 bridgehead atoms. The van der Waals surface area contributed by atoms with Crippen LogP contribution in [0.15, 0.2) is 12.2 Å². The Balaban J connectivity index is 2.71. The predicted octanol–water partition coefficient (Wildman–Crippen LogP) is 3.16. The highest BCUT2D eigenvalue weighted by atomic mass is 16.5. The molecule has 0 aromatic heterocycles. The van der Waals surface area contributed by atoms with Gasteiger partial charge < -0.3 is 4.74 Å². The van der Waals surface area contributed by atoms with E-state index in [0.29, 0.717) is 5.92 Å². The first kappa shape index (κ1) is 9.79. The van der Waals surface area contributed by atoms with E-state index in [4.69, 9.17) is 4.74 Å². The smallest absolute Gasteiger partial charge is 0.0764 e. The summed E-state index contributed by atoms with van der Waals surface area (Å²) in [5.41, 5.74) is 1.33. The van der Waals surface area contributed by atoms with E-state index in [-0.39, 0.29) is 11.7 Å². The van der Waals surface area contributed by atoms with Gasteiger partial charge in [0.2, 0.25) is 0 Å². The average molecular weight is 168 g/mol. The lowest BCUT2D eigenvalue weighted by molar-refractivity contribution is -0.0991. The Morgan fingerprint density at radius 3 is 2.58 bits per heavy atom. The SMILES string of the molecule is C=C1C(C)CC(C)(CC)OC1C. The van der Waals surface area contributed by atoms with Gasteiger partial charge in [-0.2, -0.15) is 0 Å². The summed E-state index contributed by atoms with van der Waals surface area (Å²) in [6.07, 6.45) is 2.44. The fraction of sp³-hybridized carbons (Fsp3) is 0.818. The Morgan fingerprint density at radius 1 is 1.58 bits per heavy atom. The third-order valence-electron chi connectivity index (χ3n) is 3.10. The van der Waals surface area contributed by atoms with Gasteiger partial charge >= 0.3 is 0 Å². The standard InChI is InChI=1S/C11H20O/c1-6-11(5)7-8(2)9(3)10(4)12-11/h8,10H,3,6-7H2,1-2,4-5H3. The third-order valence-corrected chi connectivity index (χ3v) is 3.10. The van der Waals surface area contributed by atoms with Crippen molar-refractivity contribution in [3.63, 3.8) is 0 Å². The van der Waals surface area contributed by atoms with Crippen LogP contribution in [0.1, 0.15) is 40.5 Å². The first-order valence-electron chi connectivity index (χ1n) is 4.85. The molecule has 0 radical (unpaired) electrons. The van der Waals surface area contributed by atoms with Gasteiger partial charge in [-0.1, -0.05) is 20.4 Å². The van der Waals surface area contributed by atoms with Gasteiger partial charge in [0, 0.05) is 0 Å². The maximum atomic E-state index is 5.91. The Labute approximate surface area is 75.8 Å². The molecule has 12 heavy (non-hydrogen) atoms. The normalized spacial score (nSPS) is 43.2. The zero-order valence-electron chi connectivity index (χ0n) is 8.68. The lowest BCUT2D eigenvalue weighted by Gasteiger charge is -2.41. The van der Waals surface area contributed by atoms with Gasteiger partial charge in [0.1, 0.15) is 0 Å². The molecule has 1 aliphatic heterocycles. The molecule has 1 heteroatoms. The van der Waals surface area contributed by atoms with Crippen LogP contribution in [0.2, 0.25) is 0 Å². The number of hydrogen-bond acceptors (Lipinski definition) is 1. The minimum absolute atomic E-state index is 0.0834. The zero-order chi connectivity index (χ0) is 9.35. The van der Waals surface area contributed by atoms with E-state index in [1.807, 2.05) is 0 Å². The topological polar surface area (TPSA) is 9.23 Å². The van der Waals surface area contributed by atoms with Gasteiger partial charge in [-0.15, -0.1) is 0 Å². The van der Waals surface area contributed by atoms with Crippen LogP contribution in [-0.4, -0.2) is 11.7 Å². The van der Waals surface area contributed by atoms with E-state index in [0.717, 1.165) is 12.8 Å². The van der Waals surface area contributed by atoms with Crippen LogP contribution in [0.5, 0.6) is 0 Å². The number of rotatable bonds is 1. The molecule has 70 valence electrons. The van der Waals surface area contributed by atoms with E-state index < -0.39 is 0 Å². The lowest BCUT2D eigenvalue weighted by atomic mass is 9.82. The molecule has 1 saturated heterocycles. The number of ether oxygens (including phenoxy) is 1. The highest BCUT2D eigenvalue weighted by Gasteiger charge is 2.35. The van der Waals surface area contributed by atoms with Gasteiger partial charge in [-0.25, -0.2) is 0 Å². The third kappa shape index (κ3) is 1.71. The van der Waals surface area contributed by atoms with Crippen LogP contribution in [0.25, 0.3) is 0 Å². The Bertz CT molecular complexity index is 169. The van der Waals surface area contributed by atoms with Crippen molar-refractivity contribution in [1.29, 1.82) is 0 Å². The first-order valence-corrected chi connectivity index (χ1v) is 4.85. The summed E-state index contributed by atoms with van der Waals surface area (Å²) in [4.78, 5) is 0. The van der Waals surface area contributed by atoms with E-state index in [1.165, 1.54) is 5.57 Å². The van der Waals surface area contributed by atoms with Crippen LogP contribution in [0.4, 0.5) is 0 Å². The molecule has 1 heterocycles. The number of hydrogen-bond donors (Lipinski definition) is 0. The van der Waals surface area contributed by atoms with Crippen molar-refractivity contribution in [3.05, 3.63) is 12.2 Å². The molecule has 0 spiro atoms. The van der Waals surface area contributed by atoms with Crippen LogP contribution in [0.3, 0.4) is 0 Å². The van der Waals surface area contributed by atoms with Crippen LogP contribution < -0.4 is 0 Å². The highest BCUT2D eigenvalue weighted by molar-refractivity contribution is 5.10. The Morgan fingerprint density at radius 2 is 2.17 bits per heavy atom. The maximum Gasteiger partial charge on any atom is 0.0764 e. The van der Waals surface area contributed by atoms with E-state index in [9.17, 15) is 0 Å². The monoisotopic (exact) mass is 168 g/mol. The molecule has 0 aromatic carbocycles. The van der Waals surface area contributed by atoms with Crippen LogP contribution >= 0.6 is 0 Å². The molecule has 3 unspecified atom stereocenters. The molecule has 0 aliphatic carbocycles. The van der Waals surface area contributed by atoms with Crippen molar-refractivity contribution in [2.24, 2.45) is 5.92 Å². The van der Waals surface area contributed by atoms with Gasteiger partial charge in [0.25, 0.3) is 0 Å². The first-order chi connectivity index (χ1) is 5.48. The molecule has 0 saturated carbocycles. The quantitative estimate of drug-likeness (QED) is 0.546. The fourth-order valence-electron chi connectivity index (χ4n) is 1.96. The van der Waals surface area contributed by atoms with Crippen molar-refractivity contribution >= 4 is 0 Å².